The highest BCUT2D eigenvalue weighted by atomic mass is 32.2. The van der Waals surface area contributed by atoms with E-state index in [-0.39, 0.29) is 0 Å². The van der Waals surface area contributed by atoms with E-state index in [0.29, 0.717) is 22.1 Å². The van der Waals surface area contributed by atoms with Crippen LogP contribution in [0.1, 0.15) is 18.2 Å². The van der Waals surface area contributed by atoms with Gasteiger partial charge in [0.1, 0.15) is 4.21 Å². The van der Waals surface area contributed by atoms with Gasteiger partial charge in [-0.1, -0.05) is 13.0 Å². The van der Waals surface area contributed by atoms with Crippen LogP contribution in [-0.4, -0.2) is 15.0 Å². The van der Waals surface area contributed by atoms with Crippen LogP contribution >= 0.6 is 11.3 Å². The van der Waals surface area contributed by atoms with Gasteiger partial charge in [0.15, 0.2) is 0 Å². The van der Waals surface area contributed by atoms with Gasteiger partial charge in [-0.3, -0.25) is 4.31 Å². The van der Waals surface area contributed by atoms with Crippen molar-refractivity contribution in [3.05, 3.63) is 41.3 Å². The van der Waals surface area contributed by atoms with Crippen molar-refractivity contribution < 1.29 is 8.42 Å². The molecule has 1 heterocycles. The molecule has 0 bridgehead atoms. The summed E-state index contributed by atoms with van der Waals surface area (Å²) in [6.45, 7) is 4.28. The maximum atomic E-state index is 12.7. The van der Waals surface area contributed by atoms with Gasteiger partial charge in [0.05, 0.1) is 5.69 Å². The molecular formula is C14H18N2O2S2. The number of hydrogen-bond donors (Lipinski definition) is 1. The van der Waals surface area contributed by atoms with Crippen molar-refractivity contribution in [3.63, 3.8) is 0 Å². The quantitative estimate of drug-likeness (QED) is 0.862. The minimum Gasteiger partial charge on any atom is -0.399 e. The van der Waals surface area contributed by atoms with Gasteiger partial charge in [-0.25, -0.2) is 8.42 Å². The van der Waals surface area contributed by atoms with Gasteiger partial charge in [0.2, 0.25) is 0 Å². The SMILES string of the molecule is CCCN(c1cccc(N)c1)S(=O)(=O)c1ccc(C)s1. The molecule has 0 aliphatic heterocycles. The largest absolute Gasteiger partial charge is 0.399 e. The van der Waals surface area contributed by atoms with Crippen LogP contribution in [0.25, 0.3) is 0 Å². The molecule has 2 rings (SSSR count). The third kappa shape index (κ3) is 2.96. The summed E-state index contributed by atoms with van der Waals surface area (Å²) in [5.41, 5.74) is 6.93. The number of hydrogen-bond acceptors (Lipinski definition) is 4. The number of nitrogen functional groups attached to an aromatic ring is 1. The number of aryl methyl sites for hydroxylation is 1. The Bertz CT molecular complexity index is 693. The molecule has 0 saturated carbocycles. The lowest BCUT2D eigenvalue weighted by atomic mass is 10.3. The summed E-state index contributed by atoms with van der Waals surface area (Å²) in [6, 6.07) is 10.4. The molecule has 0 atom stereocenters. The molecule has 1 aromatic carbocycles. The average molecular weight is 310 g/mol. The first-order valence-electron chi connectivity index (χ1n) is 6.40. The topological polar surface area (TPSA) is 63.4 Å². The van der Waals surface area contributed by atoms with Crippen molar-refractivity contribution in [3.8, 4) is 0 Å². The molecule has 0 fully saturated rings. The number of nitrogens with zero attached hydrogens (tertiary/aromatic N) is 1. The van der Waals surface area contributed by atoms with Gasteiger partial charge >= 0.3 is 0 Å². The smallest absolute Gasteiger partial charge is 0.273 e. The summed E-state index contributed by atoms with van der Waals surface area (Å²) in [7, 11) is -3.52. The van der Waals surface area contributed by atoms with Crippen LogP contribution in [0.5, 0.6) is 0 Å². The normalized spacial score (nSPS) is 11.5. The molecule has 0 unspecified atom stereocenters. The van der Waals surface area contributed by atoms with Crippen molar-refractivity contribution in [2.24, 2.45) is 0 Å². The molecule has 0 aliphatic rings. The minimum absolute atomic E-state index is 0.367. The first kappa shape index (κ1) is 14.9. The summed E-state index contributed by atoms with van der Waals surface area (Å²) in [4.78, 5) is 0.979. The molecule has 0 aliphatic carbocycles. The molecule has 1 aromatic heterocycles. The van der Waals surface area contributed by atoms with Crippen molar-refractivity contribution >= 4 is 32.7 Å². The first-order valence-corrected chi connectivity index (χ1v) is 8.65. The van der Waals surface area contributed by atoms with E-state index in [9.17, 15) is 8.42 Å². The van der Waals surface area contributed by atoms with Crippen molar-refractivity contribution in [2.45, 2.75) is 24.5 Å². The molecule has 0 saturated heterocycles. The van der Waals surface area contributed by atoms with E-state index in [1.165, 1.54) is 15.6 Å². The molecule has 0 amide bonds. The molecular weight excluding hydrogens is 292 g/mol. The van der Waals surface area contributed by atoms with Gasteiger partial charge in [-0.05, 0) is 43.7 Å². The average Bonchev–Trinajstić information content (AvgIpc) is 2.83. The lowest BCUT2D eigenvalue weighted by Gasteiger charge is -2.23. The Kier molecular flexibility index (Phi) is 4.35. The Balaban J connectivity index is 2.48. The maximum absolute atomic E-state index is 12.7. The van der Waals surface area contributed by atoms with E-state index in [0.717, 1.165) is 11.3 Å². The molecule has 20 heavy (non-hydrogen) atoms. The molecule has 0 spiro atoms. The Labute approximate surface area is 123 Å². The molecule has 2 aromatic rings. The Hall–Kier alpha value is -1.53. The maximum Gasteiger partial charge on any atom is 0.273 e. The first-order chi connectivity index (χ1) is 9.45. The zero-order chi connectivity index (χ0) is 14.8. The summed E-state index contributed by atoms with van der Waals surface area (Å²) < 4.78 is 27.3. The molecule has 0 radical (unpaired) electrons. The third-order valence-electron chi connectivity index (χ3n) is 2.84. The van der Waals surface area contributed by atoms with E-state index < -0.39 is 10.0 Å². The minimum atomic E-state index is -3.52. The second-order valence-electron chi connectivity index (χ2n) is 4.54. The van der Waals surface area contributed by atoms with Crippen LogP contribution in [-0.2, 0) is 10.0 Å². The third-order valence-corrected chi connectivity index (χ3v) is 6.14. The lowest BCUT2D eigenvalue weighted by Crippen LogP contribution is -2.31. The van der Waals surface area contributed by atoms with Gasteiger partial charge in [0, 0.05) is 17.1 Å². The van der Waals surface area contributed by atoms with Crippen LogP contribution in [0, 0.1) is 6.92 Å². The molecule has 108 valence electrons. The predicted octanol–water partition coefficient (Wildman–Crippen LogP) is 3.24. The van der Waals surface area contributed by atoms with Gasteiger partial charge in [-0.2, -0.15) is 0 Å². The van der Waals surface area contributed by atoms with Gasteiger partial charge in [0.25, 0.3) is 10.0 Å². The molecule has 6 heteroatoms. The second kappa shape index (κ2) is 5.85. The zero-order valence-electron chi connectivity index (χ0n) is 11.5. The summed E-state index contributed by atoms with van der Waals surface area (Å²) in [5.74, 6) is 0. The standard InChI is InChI=1S/C14H18N2O2S2/c1-3-9-16(13-6-4-5-12(15)10-13)20(17,18)14-8-7-11(2)19-14/h4-8,10H,3,9,15H2,1-2H3. The number of thiophene rings is 1. The Morgan fingerprint density at radius 1 is 1.25 bits per heavy atom. The van der Waals surface area contributed by atoms with E-state index in [1.54, 1.807) is 30.3 Å². The predicted molar refractivity (Wildman–Crippen MR) is 84.7 cm³/mol. The van der Waals surface area contributed by atoms with Crippen molar-refractivity contribution in [1.29, 1.82) is 0 Å². The van der Waals surface area contributed by atoms with Crippen LogP contribution < -0.4 is 10.0 Å². The number of nitrogens with two attached hydrogens (primary N) is 1. The number of rotatable bonds is 5. The monoisotopic (exact) mass is 310 g/mol. The van der Waals surface area contributed by atoms with Crippen molar-refractivity contribution in [2.75, 3.05) is 16.6 Å². The van der Waals surface area contributed by atoms with Crippen LogP contribution in [0.2, 0.25) is 0 Å². The summed E-state index contributed by atoms with van der Waals surface area (Å²) in [5, 5.41) is 0. The highest BCUT2D eigenvalue weighted by Crippen LogP contribution is 2.29. The number of benzene rings is 1. The zero-order valence-corrected chi connectivity index (χ0v) is 13.2. The van der Waals surface area contributed by atoms with E-state index in [1.807, 2.05) is 19.9 Å². The van der Waals surface area contributed by atoms with E-state index in [4.69, 9.17) is 5.73 Å². The summed E-state index contributed by atoms with van der Waals surface area (Å²) >= 11 is 1.29. The Morgan fingerprint density at radius 2 is 2.00 bits per heavy atom. The lowest BCUT2D eigenvalue weighted by molar-refractivity contribution is 0.592. The molecule has 4 nitrogen and oxygen atoms in total. The summed E-state index contributed by atoms with van der Waals surface area (Å²) in [6.07, 6.45) is 0.735. The van der Waals surface area contributed by atoms with Crippen LogP contribution in [0.15, 0.2) is 40.6 Å². The van der Waals surface area contributed by atoms with Crippen LogP contribution in [0.4, 0.5) is 11.4 Å². The van der Waals surface area contributed by atoms with Gasteiger partial charge < -0.3 is 5.73 Å². The highest BCUT2D eigenvalue weighted by Gasteiger charge is 2.25. The van der Waals surface area contributed by atoms with Crippen molar-refractivity contribution in [1.82, 2.24) is 0 Å². The number of sulfonamides is 1. The fourth-order valence-electron chi connectivity index (χ4n) is 1.93. The van der Waals surface area contributed by atoms with Gasteiger partial charge in [-0.15, -0.1) is 11.3 Å². The fourth-order valence-corrected chi connectivity index (χ4v) is 4.88. The highest BCUT2D eigenvalue weighted by molar-refractivity contribution is 7.94. The molecule has 2 N–H and O–H groups in total. The fraction of sp³-hybridized carbons (Fsp3) is 0.286. The number of anilines is 2. The second-order valence-corrected chi connectivity index (χ2v) is 7.91. The van der Waals surface area contributed by atoms with Crippen LogP contribution in [0.3, 0.4) is 0 Å². The van der Waals surface area contributed by atoms with E-state index >= 15 is 0 Å². The van der Waals surface area contributed by atoms with E-state index in [2.05, 4.69) is 0 Å². The Morgan fingerprint density at radius 3 is 2.55 bits per heavy atom.